The van der Waals surface area contributed by atoms with Gasteiger partial charge in [0.2, 0.25) is 0 Å². The average Bonchev–Trinajstić information content (AvgIpc) is 2.47. The third kappa shape index (κ3) is 2.33. The van der Waals surface area contributed by atoms with E-state index >= 15 is 0 Å². The van der Waals surface area contributed by atoms with Crippen molar-refractivity contribution in [2.75, 3.05) is 5.43 Å². The molecule has 0 radical (unpaired) electrons. The molecule has 2 atom stereocenters. The van der Waals surface area contributed by atoms with Gasteiger partial charge in [0.1, 0.15) is 5.69 Å². The molecule has 2 bridgehead atoms. The van der Waals surface area contributed by atoms with E-state index in [9.17, 15) is 10.1 Å². The lowest BCUT2D eigenvalue weighted by Gasteiger charge is -2.55. The highest BCUT2D eigenvalue weighted by Gasteiger charge is 2.50. The third-order valence-corrected chi connectivity index (χ3v) is 5.01. The monoisotopic (exact) mass is 285 g/mol. The molecule has 1 saturated carbocycles. The Hall–Kier alpha value is -2.17. The van der Waals surface area contributed by atoms with E-state index in [1.807, 2.05) is 6.21 Å². The van der Waals surface area contributed by atoms with E-state index in [2.05, 4.69) is 30.5 Å². The van der Waals surface area contributed by atoms with E-state index in [1.54, 1.807) is 18.2 Å². The van der Waals surface area contributed by atoms with Crippen LogP contribution in [0.25, 0.3) is 0 Å². The summed E-state index contributed by atoms with van der Waals surface area (Å²) >= 11 is 0. The number of nitro benzene ring substituents is 1. The Labute approximate surface area is 123 Å². The molecule has 3 aliphatic carbocycles. The first-order chi connectivity index (χ1) is 10.00. The largest absolute Gasteiger partial charge is 0.294 e. The van der Waals surface area contributed by atoms with Gasteiger partial charge in [-0.25, -0.2) is 0 Å². The van der Waals surface area contributed by atoms with Crippen molar-refractivity contribution in [3.63, 3.8) is 0 Å². The Morgan fingerprint density at radius 2 is 2.19 bits per heavy atom. The van der Waals surface area contributed by atoms with E-state index < -0.39 is 4.92 Å². The highest BCUT2D eigenvalue weighted by Crippen LogP contribution is 2.58. The number of hydrazone groups is 1. The van der Waals surface area contributed by atoms with Gasteiger partial charge in [0, 0.05) is 6.07 Å². The van der Waals surface area contributed by atoms with Crippen molar-refractivity contribution in [2.24, 2.45) is 22.4 Å². The number of fused-ring (bicyclic) bond motifs is 1. The van der Waals surface area contributed by atoms with Gasteiger partial charge in [0.25, 0.3) is 5.69 Å². The number of para-hydroxylation sites is 2. The lowest BCUT2D eigenvalue weighted by atomic mass is 9.49. The summed E-state index contributed by atoms with van der Waals surface area (Å²) in [6.45, 7) is 4.62. The van der Waals surface area contributed by atoms with Crippen LogP contribution in [0.4, 0.5) is 11.4 Å². The average molecular weight is 285 g/mol. The minimum absolute atomic E-state index is 0.0383. The number of nitrogens with zero attached hydrogens (tertiary/aromatic N) is 2. The van der Waals surface area contributed by atoms with Gasteiger partial charge in [0.15, 0.2) is 0 Å². The van der Waals surface area contributed by atoms with Crippen molar-refractivity contribution in [3.8, 4) is 0 Å². The molecule has 110 valence electrons. The Morgan fingerprint density at radius 1 is 1.43 bits per heavy atom. The molecular weight excluding hydrogens is 266 g/mol. The normalized spacial score (nSPS) is 26.1. The molecule has 1 aromatic carbocycles. The molecule has 1 N–H and O–H groups in total. The van der Waals surface area contributed by atoms with E-state index in [1.165, 1.54) is 18.1 Å². The summed E-state index contributed by atoms with van der Waals surface area (Å²) < 4.78 is 0. The number of nitrogens with one attached hydrogen (secondary N) is 1. The quantitative estimate of drug-likeness (QED) is 0.517. The van der Waals surface area contributed by atoms with Crippen LogP contribution >= 0.6 is 0 Å². The van der Waals surface area contributed by atoms with Crippen molar-refractivity contribution in [3.05, 3.63) is 46.0 Å². The highest BCUT2D eigenvalue weighted by atomic mass is 16.6. The molecule has 0 amide bonds. The zero-order valence-electron chi connectivity index (χ0n) is 12.2. The molecule has 0 spiro atoms. The molecule has 1 fully saturated rings. The maximum Gasteiger partial charge on any atom is 0.294 e. The van der Waals surface area contributed by atoms with Crippen LogP contribution in [0.2, 0.25) is 0 Å². The molecule has 4 rings (SSSR count). The Kier molecular flexibility index (Phi) is 3.27. The fourth-order valence-corrected chi connectivity index (χ4v) is 3.45. The predicted molar refractivity (Wildman–Crippen MR) is 83.3 cm³/mol. The first-order valence-electron chi connectivity index (χ1n) is 7.22. The van der Waals surface area contributed by atoms with E-state index in [0.717, 1.165) is 12.3 Å². The van der Waals surface area contributed by atoms with Crippen molar-refractivity contribution < 1.29 is 4.92 Å². The van der Waals surface area contributed by atoms with Gasteiger partial charge >= 0.3 is 0 Å². The number of anilines is 1. The molecule has 0 aliphatic heterocycles. The van der Waals surface area contributed by atoms with E-state index in [0.29, 0.717) is 17.0 Å². The van der Waals surface area contributed by atoms with Crippen LogP contribution in [0.15, 0.2) is 41.0 Å². The summed E-state index contributed by atoms with van der Waals surface area (Å²) in [5.41, 5.74) is 4.85. The number of benzene rings is 1. The van der Waals surface area contributed by atoms with Crippen molar-refractivity contribution in [1.82, 2.24) is 0 Å². The fourth-order valence-electron chi connectivity index (χ4n) is 3.45. The lowest BCUT2D eigenvalue weighted by Crippen LogP contribution is -2.48. The SMILES string of the molecule is CC1(C)[C@H]2CC=C(C=NNc3ccccc3[N+](=O)[O-])[C@H]1C2. The van der Waals surface area contributed by atoms with Crippen LogP contribution in [0.5, 0.6) is 0 Å². The first kappa shape index (κ1) is 13.8. The second-order valence-corrected chi connectivity index (χ2v) is 6.39. The van der Waals surface area contributed by atoms with Gasteiger partial charge in [-0.2, -0.15) is 5.10 Å². The van der Waals surface area contributed by atoms with Crippen LogP contribution < -0.4 is 5.43 Å². The van der Waals surface area contributed by atoms with Gasteiger partial charge in [0.05, 0.1) is 11.1 Å². The second kappa shape index (κ2) is 4.98. The maximum atomic E-state index is 10.9. The topological polar surface area (TPSA) is 67.5 Å². The number of nitro groups is 1. The van der Waals surface area contributed by atoms with Gasteiger partial charge < -0.3 is 0 Å². The number of allylic oxidation sites excluding steroid dienone is 2. The third-order valence-electron chi connectivity index (χ3n) is 5.01. The van der Waals surface area contributed by atoms with Gasteiger partial charge in [-0.1, -0.05) is 32.1 Å². The zero-order chi connectivity index (χ0) is 15.0. The molecule has 0 heterocycles. The Morgan fingerprint density at radius 3 is 2.86 bits per heavy atom. The highest BCUT2D eigenvalue weighted by molar-refractivity contribution is 5.81. The van der Waals surface area contributed by atoms with Crippen molar-refractivity contribution in [1.29, 1.82) is 0 Å². The lowest BCUT2D eigenvalue weighted by molar-refractivity contribution is -0.384. The fraction of sp³-hybridized carbons (Fsp3) is 0.438. The molecule has 1 aromatic rings. The summed E-state index contributed by atoms with van der Waals surface area (Å²) in [6, 6.07) is 6.53. The van der Waals surface area contributed by atoms with E-state index in [-0.39, 0.29) is 5.69 Å². The second-order valence-electron chi connectivity index (χ2n) is 6.39. The van der Waals surface area contributed by atoms with Crippen molar-refractivity contribution >= 4 is 17.6 Å². The van der Waals surface area contributed by atoms with Gasteiger partial charge in [-0.05, 0) is 41.7 Å². The summed E-state index contributed by atoms with van der Waals surface area (Å²) in [6.07, 6.45) is 6.40. The summed E-state index contributed by atoms with van der Waals surface area (Å²) in [7, 11) is 0. The molecule has 3 aliphatic rings. The van der Waals surface area contributed by atoms with Crippen LogP contribution in [0.1, 0.15) is 26.7 Å². The van der Waals surface area contributed by atoms with Gasteiger partial charge in [-0.3, -0.25) is 15.5 Å². The molecule has 21 heavy (non-hydrogen) atoms. The smallest absolute Gasteiger partial charge is 0.272 e. The van der Waals surface area contributed by atoms with Crippen LogP contribution in [-0.4, -0.2) is 11.1 Å². The van der Waals surface area contributed by atoms with Crippen molar-refractivity contribution in [2.45, 2.75) is 26.7 Å². The van der Waals surface area contributed by atoms with Crippen LogP contribution in [0.3, 0.4) is 0 Å². The molecule has 5 nitrogen and oxygen atoms in total. The standard InChI is InChI=1S/C16H19N3O2/c1-16(2)12-8-7-11(13(16)9-12)10-17-18-14-5-3-4-6-15(14)19(20)21/h3-7,10,12-13,18H,8-9H2,1-2H3/t12-,13+/m0/s1. The molecular formula is C16H19N3O2. The predicted octanol–water partition coefficient (Wildman–Crippen LogP) is 3.98. The number of hydrogen-bond acceptors (Lipinski definition) is 4. The zero-order valence-corrected chi connectivity index (χ0v) is 12.2. The Balaban J connectivity index is 1.71. The molecule has 0 aromatic heterocycles. The maximum absolute atomic E-state index is 10.9. The van der Waals surface area contributed by atoms with Crippen LogP contribution in [0, 0.1) is 27.4 Å². The minimum atomic E-state index is -0.405. The molecule has 0 unspecified atom stereocenters. The number of hydrogen-bond donors (Lipinski definition) is 1. The van der Waals surface area contributed by atoms with Crippen LogP contribution in [-0.2, 0) is 0 Å². The molecule has 5 heteroatoms. The Bertz CT molecular complexity index is 634. The summed E-state index contributed by atoms with van der Waals surface area (Å²) in [5.74, 6) is 1.36. The summed E-state index contributed by atoms with van der Waals surface area (Å²) in [4.78, 5) is 10.5. The molecule has 0 saturated heterocycles. The number of rotatable bonds is 4. The van der Waals surface area contributed by atoms with E-state index in [4.69, 9.17) is 0 Å². The minimum Gasteiger partial charge on any atom is -0.272 e. The van der Waals surface area contributed by atoms with Gasteiger partial charge in [-0.15, -0.1) is 0 Å². The summed E-state index contributed by atoms with van der Waals surface area (Å²) in [5, 5.41) is 15.1. The first-order valence-corrected chi connectivity index (χ1v) is 7.22.